The maximum Gasteiger partial charge on any atom is 0.244 e. The quantitative estimate of drug-likeness (QED) is 0.913. The average Bonchev–Trinajstić information content (AvgIpc) is 3.07. The van der Waals surface area contributed by atoms with Crippen LogP contribution in [0.25, 0.3) is 0 Å². The highest BCUT2D eigenvalue weighted by molar-refractivity contribution is 7.10. The molecule has 2 aliphatic rings. The van der Waals surface area contributed by atoms with E-state index >= 15 is 0 Å². The van der Waals surface area contributed by atoms with Gasteiger partial charge in [-0.05, 0) is 42.5 Å². The molecular weight excluding hydrogens is 322 g/mol. The largest absolute Gasteiger partial charge is 0.323 e. The lowest BCUT2D eigenvalue weighted by Gasteiger charge is -2.36. The molecule has 1 aromatic heterocycles. The summed E-state index contributed by atoms with van der Waals surface area (Å²) in [6.45, 7) is 3.70. The zero-order valence-corrected chi connectivity index (χ0v) is 14.3. The van der Waals surface area contributed by atoms with Gasteiger partial charge in [-0.15, -0.1) is 11.3 Å². The molecule has 3 heterocycles. The van der Waals surface area contributed by atoms with E-state index in [0.29, 0.717) is 5.69 Å². The maximum absolute atomic E-state index is 13.1. The van der Waals surface area contributed by atoms with Gasteiger partial charge in [-0.25, -0.2) is 0 Å². The number of anilines is 2. The lowest BCUT2D eigenvalue weighted by Crippen LogP contribution is -2.52. The standard InChI is InChI=1S/C18H19N3O2S/c1-12(20-8-6-16-13(10-20)7-9-24-16)18(23)21-11-17(22)19-14-4-2-3-5-15(14)21/h2-5,7,9,12H,6,8,10-11H2,1H3,(H,19,22)/t12-/m1/s1. The summed E-state index contributed by atoms with van der Waals surface area (Å²) in [4.78, 5) is 30.3. The van der Waals surface area contributed by atoms with Crippen LogP contribution in [-0.2, 0) is 22.6 Å². The molecule has 5 nitrogen and oxygen atoms in total. The predicted octanol–water partition coefficient (Wildman–Crippen LogP) is 2.48. The second kappa shape index (κ2) is 6.03. The molecule has 0 saturated heterocycles. The molecule has 4 rings (SSSR count). The van der Waals surface area contributed by atoms with Gasteiger partial charge in [0.15, 0.2) is 0 Å². The normalized spacial score (nSPS) is 18.5. The summed E-state index contributed by atoms with van der Waals surface area (Å²) in [5.41, 5.74) is 2.80. The molecule has 1 aromatic carbocycles. The Hall–Kier alpha value is -2.18. The van der Waals surface area contributed by atoms with Gasteiger partial charge >= 0.3 is 0 Å². The number of rotatable bonds is 2. The highest BCUT2D eigenvalue weighted by atomic mass is 32.1. The van der Waals surface area contributed by atoms with Gasteiger partial charge in [0.2, 0.25) is 11.8 Å². The van der Waals surface area contributed by atoms with Crippen molar-refractivity contribution < 1.29 is 9.59 Å². The molecule has 24 heavy (non-hydrogen) atoms. The molecular formula is C18H19N3O2S. The Morgan fingerprint density at radius 3 is 2.96 bits per heavy atom. The van der Waals surface area contributed by atoms with E-state index in [1.165, 1.54) is 10.4 Å². The van der Waals surface area contributed by atoms with Crippen molar-refractivity contribution in [2.24, 2.45) is 0 Å². The minimum atomic E-state index is -0.253. The zero-order chi connectivity index (χ0) is 16.7. The zero-order valence-electron chi connectivity index (χ0n) is 13.5. The Morgan fingerprint density at radius 1 is 1.25 bits per heavy atom. The van der Waals surface area contributed by atoms with Gasteiger partial charge in [0.1, 0.15) is 6.54 Å². The van der Waals surface area contributed by atoms with Crippen molar-refractivity contribution in [3.05, 3.63) is 46.2 Å². The highest BCUT2D eigenvalue weighted by Gasteiger charge is 2.33. The van der Waals surface area contributed by atoms with Crippen LogP contribution >= 0.6 is 11.3 Å². The molecule has 0 saturated carbocycles. The summed E-state index contributed by atoms with van der Waals surface area (Å²) in [5, 5.41) is 4.94. The number of fused-ring (bicyclic) bond motifs is 2. The van der Waals surface area contributed by atoms with Gasteiger partial charge in [0.25, 0.3) is 0 Å². The number of carbonyl (C=O) groups excluding carboxylic acids is 2. The number of nitrogens with one attached hydrogen (secondary N) is 1. The molecule has 0 spiro atoms. The maximum atomic E-state index is 13.1. The van der Waals surface area contributed by atoms with E-state index in [9.17, 15) is 9.59 Å². The molecule has 1 N–H and O–H groups in total. The van der Waals surface area contributed by atoms with Crippen molar-refractivity contribution in [2.75, 3.05) is 23.3 Å². The smallest absolute Gasteiger partial charge is 0.244 e. The summed E-state index contributed by atoms with van der Waals surface area (Å²) >= 11 is 1.79. The topological polar surface area (TPSA) is 52.7 Å². The third-order valence-corrected chi connectivity index (χ3v) is 5.80. The Bertz CT molecular complexity index is 801. The van der Waals surface area contributed by atoms with Gasteiger partial charge < -0.3 is 5.32 Å². The van der Waals surface area contributed by atoms with Crippen molar-refractivity contribution in [3.63, 3.8) is 0 Å². The van der Waals surface area contributed by atoms with Crippen LogP contribution in [0.5, 0.6) is 0 Å². The van der Waals surface area contributed by atoms with Crippen LogP contribution in [0, 0.1) is 0 Å². The first-order chi connectivity index (χ1) is 11.6. The number of nitrogens with zero attached hydrogens (tertiary/aromatic N) is 2. The fourth-order valence-electron chi connectivity index (χ4n) is 3.41. The summed E-state index contributed by atoms with van der Waals surface area (Å²) in [7, 11) is 0. The van der Waals surface area contributed by atoms with Crippen LogP contribution in [0.15, 0.2) is 35.7 Å². The summed E-state index contributed by atoms with van der Waals surface area (Å²) in [6, 6.07) is 9.35. The van der Waals surface area contributed by atoms with Crippen LogP contribution in [0.2, 0.25) is 0 Å². The van der Waals surface area contributed by atoms with E-state index in [2.05, 4.69) is 21.7 Å². The third-order valence-electron chi connectivity index (χ3n) is 4.78. The number of benzene rings is 1. The molecule has 124 valence electrons. The first kappa shape index (κ1) is 15.4. The first-order valence-corrected chi connectivity index (χ1v) is 9.01. The Balaban J connectivity index is 1.57. The van der Waals surface area contributed by atoms with E-state index in [4.69, 9.17) is 0 Å². The highest BCUT2D eigenvalue weighted by Crippen LogP contribution is 2.31. The van der Waals surface area contributed by atoms with Gasteiger partial charge in [-0.3, -0.25) is 19.4 Å². The SMILES string of the molecule is C[C@H](C(=O)N1CC(=O)Nc2ccccc21)N1CCc2sccc2C1. The monoisotopic (exact) mass is 341 g/mol. The second-order valence-corrected chi connectivity index (χ2v) is 7.26. The van der Waals surface area contributed by atoms with E-state index in [0.717, 1.165) is 25.2 Å². The number of hydrogen-bond acceptors (Lipinski definition) is 4. The second-order valence-electron chi connectivity index (χ2n) is 6.26. The van der Waals surface area contributed by atoms with Gasteiger partial charge in [-0.1, -0.05) is 12.1 Å². The lowest BCUT2D eigenvalue weighted by atomic mass is 10.1. The molecule has 2 aliphatic heterocycles. The van der Waals surface area contributed by atoms with Gasteiger partial charge in [-0.2, -0.15) is 0 Å². The van der Waals surface area contributed by atoms with Crippen LogP contribution in [0.3, 0.4) is 0 Å². The van der Waals surface area contributed by atoms with E-state index in [1.807, 2.05) is 31.2 Å². The summed E-state index contributed by atoms with van der Waals surface area (Å²) < 4.78 is 0. The molecule has 0 fully saturated rings. The molecule has 6 heteroatoms. The summed E-state index contributed by atoms with van der Waals surface area (Å²) in [5.74, 6) is -0.163. The van der Waals surface area contributed by atoms with Crippen LogP contribution < -0.4 is 10.2 Å². The molecule has 0 bridgehead atoms. The van der Waals surface area contributed by atoms with Gasteiger partial charge in [0.05, 0.1) is 17.4 Å². The summed E-state index contributed by atoms with van der Waals surface area (Å²) in [6.07, 6.45) is 0.988. The minimum Gasteiger partial charge on any atom is -0.323 e. The number of amides is 2. The molecule has 0 unspecified atom stereocenters. The molecule has 0 radical (unpaired) electrons. The third kappa shape index (κ3) is 2.61. The van der Waals surface area contributed by atoms with Gasteiger partial charge in [0, 0.05) is 18.0 Å². The van der Waals surface area contributed by atoms with Crippen molar-refractivity contribution >= 4 is 34.5 Å². The molecule has 2 aromatic rings. The van der Waals surface area contributed by atoms with Crippen molar-refractivity contribution in [3.8, 4) is 0 Å². The number of para-hydroxylation sites is 2. The fourth-order valence-corrected chi connectivity index (χ4v) is 4.30. The molecule has 2 amide bonds. The van der Waals surface area contributed by atoms with E-state index in [1.54, 1.807) is 16.2 Å². The Morgan fingerprint density at radius 2 is 2.08 bits per heavy atom. The number of hydrogen-bond donors (Lipinski definition) is 1. The first-order valence-electron chi connectivity index (χ1n) is 8.13. The van der Waals surface area contributed by atoms with Crippen molar-refractivity contribution in [1.29, 1.82) is 0 Å². The van der Waals surface area contributed by atoms with Crippen molar-refractivity contribution in [2.45, 2.75) is 25.9 Å². The molecule has 0 aliphatic carbocycles. The van der Waals surface area contributed by atoms with Crippen LogP contribution in [-0.4, -0.2) is 35.8 Å². The van der Waals surface area contributed by atoms with Crippen LogP contribution in [0.1, 0.15) is 17.4 Å². The number of carbonyl (C=O) groups is 2. The minimum absolute atomic E-state index is 0.0176. The van der Waals surface area contributed by atoms with Crippen molar-refractivity contribution in [1.82, 2.24) is 4.90 Å². The van der Waals surface area contributed by atoms with E-state index < -0.39 is 0 Å². The predicted molar refractivity (Wildman–Crippen MR) is 95.3 cm³/mol. The van der Waals surface area contributed by atoms with Crippen LogP contribution in [0.4, 0.5) is 11.4 Å². The van der Waals surface area contributed by atoms with E-state index in [-0.39, 0.29) is 24.4 Å². The lowest BCUT2D eigenvalue weighted by molar-refractivity contribution is -0.125. The number of thiophene rings is 1. The Labute approximate surface area is 144 Å². The molecule has 1 atom stereocenters. The Kier molecular flexibility index (Phi) is 3.86. The fraction of sp³-hybridized carbons (Fsp3) is 0.333. The average molecular weight is 341 g/mol.